The van der Waals surface area contributed by atoms with Gasteiger partial charge in [-0.25, -0.2) is 8.42 Å². The van der Waals surface area contributed by atoms with Gasteiger partial charge < -0.3 is 4.74 Å². The third-order valence-electron chi connectivity index (χ3n) is 2.57. The first kappa shape index (κ1) is 15.9. The standard InChI is InChI=1S/C10H16ClN3O4S/c1-4-14(6-5-9(15)18-3)19(16,17)10-8(11)7-12-13(10)2/h7H,4-6H2,1-3H3. The minimum Gasteiger partial charge on any atom is -0.469 e. The lowest BCUT2D eigenvalue weighted by Gasteiger charge is -2.20. The van der Waals surface area contributed by atoms with Crippen LogP contribution >= 0.6 is 11.6 Å². The van der Waals surface area contributed by atoms with Crippen LogP contribution in [0.2, 0.25) is 5.02 Å². The molecule has 0 aliphatic heterocycles. The molecule has 0 saturated carbocycles. The third kappa shape index (κ3) is 3.46. The molecule has 1 rings (SSSR count). The summed E-state index contributed by atoms with van der Waals surface area (Å²) >= 11 is 5.84. The molecule has 0 radical (unpaired) electrons. The molecule has 0 atom stereocenters. The van der Waals surface area contributed by atoms with E-state index in [1.165, 1.54) is 25.0 Å². The quantitative estimate of drug-likeness (QED) is 0.721. The molecule has 0 aliphatic rings. The molecule has 0 N–H and O–H groups in total. The minimum atomic E-state index is -3.78. The molecular weight excluding hydrogens is 294 g/mol. The van der Waals surface area contributed by atoms with Gasteiger partial charge in [-0.15, -0.1) is 0 Å². The lowest BCUT2D eigenvalue weighted by Crippen LogP contribution is -2.34. The van der Waals surface area contributed by atoms with Crippen molar-refractivity contribution in [2.75, 3.05) is 20.2 Å². The number of carbonyl (C=O) groups is 1. The van der Waals surface area contributed by atoms with Crippen molar-refractivity contribution in [2.24, 2.45) is 7.05 Å². The second-order valence-electron chi connectivity index (χ2n) is 3.74. The van der Waals surface area contributed by atoms with Crippen LogP contribution in [-0.2, 0) is 26.6 Å². The predicted molar refractivity (Wildman–Crippen MR) is 69.3 cm³/mol. The van der Waals surface area contributed by atoms with Crippen LogP contribution in [0.4, 0.5) is 0 Å². The van der Waals surface area contributed by atoms with Gasteiger partial charge in [-0.2, -0.15) is 9.40 Å². The van der Waals surface area contributed by atoms with Crippen molar-refractivity contribution in [3.63, 3.8) is 0 Å². The van der Waals surface area contributed by atoms with Crippen LogP contribution in [0.5, 0.6) is 0 Å². The highest BCUT2D eigenvalue weighted by Gasteiger charge is 2.29. The Kier molecular flexibility index (Phi) is 5.33. The maximum Gasteiger partial charge on any atom is 0.306 e. The molecule has 0 aromatic carbocycles. The Hall–Kier alpha value is -1.12. The van der Waals surface area contributed by atoms with E-state index in [4.69, 9.17) is 11.6 Å². The maximum atomic E-state index is 12.4. The zero-order chi connectivity index (χ0) is 14.6. The largest absolute Gasteiger partial charge is 0.469 e. The Bertz CT molecular complexity index is 536. The van der Waals surface area contributed by atoms with Gasteiger partial charge in [0.1, 0.15) is 0 Å². The van der Waals surface area contributed by atoms with E-state index in [2.05, 4.69) is 9.84 Å². The van der Waals surface area contributed by atoms with Gasteiger partial charge in [0.05, 0.1) is 24.8 Å². The number of nitrogens with zero attached hydrogens (tertiary/aromatic N) is 3. The van der Waals surface area contributed by atoms with Crippen molar-refractivity contribution in [1.29, 1.82) is 0 Å². The second-order valence-corrected chi connectivity index (χ2v) is 6.00. The monoisotopic (exact) mass is 309 g/mol. The zero-order valence-electron chi connectivity index (χ0n) is 11.0. The molecule has 0 amide bonds. The number of halogens is 1. The number of ether oxygens (including phenoxy) is 1. The minimum absolute atomic E-state index is 0.0148. The van der Waals surface area contributed by atoms with Crippen LogP contribution in [0, 0.1) is 0 Å². The van der Waals surface area contributed by atoms with Crippen LogP contribution in [0.25, 0.3) is 0 Å². The number of aromatic nitrogens is 2. The molecule has 0 saturated heterocycles. The smallest absolute Gasteiger partial charge is 0.306 e. The molecule has 0 aliphatic carbocycles. The van der Waals surface area contributed by atoms with Crippen molar-refractivity contribution >= 4 is 27.6 Å². The molecule has 0 bridgehead atoms. The molecule has 9 heteroatoms. The van der Waals surface area contributed by atoms with Gasteiger partial charge in [0.2, 0.25) is 0 Å². The summed E-state index contributed by atoms with van der Waals surface area (Å²) in [6.07, 6.45) is 1.25. The van der Waals surface area contributed by atoms with E-state index in [9.17, 15) is 13.2 Å². The highest BCUT2D eigenvalue weighted by molar-refractivity contribution is 7.89. The summed E-state index contributed by atoms with van der Waals surface area (Å²) < 4.78 is 31.6. The lowest BCUT2D eigenvalue weighted by atomic mass is 10.4. The fraction of sp³-hybridized carbons (Fsp3) is 0.600. The highest BCUT2D eigenvalue weighted by atomic mass is 35.5. The molecule has 108 valence electrons. The highest BCUT2D eigenvalue weighted by Crippen LogP contribution is 2.23. The van der Waals surface area contributed by atoms with Crippen molar-refractivity contribution in [1.82, 2.24) is 14.1 Å². The molecule has 1 aromatic heterocycles. The van der Waals surface area contributed by atoms with E-state index in [0.29, 0.717) is 0 Å². The number of hydrogen-bond donors (Lipinski definition) is 0. The molecule has 1 heterocycles. The first-order valence-electron chi connectivity index (χ1n) is 5.59. The van der Waals surface area contributed by atoms with E-state index >= 15 is 0 Å². The van der Waals surface area contributed by atoms with Gasteiger partial charge >= 0.3 is 5.97 Å². The van der Waals surface area contributed by atoms with Gasteiger partial charge in [0.15, 0.2) is 5.03 Å². The lowest BCUT2D eigenvalue weighted by molar-refractivity contribution is -0.140. The number of sulfonamides is 1. The van der Waals surface area contributed by atoms with E-state index in [-0.39, 0.29) is 29.6 Å². The topological polar surface area (TPSA) is 81.5 Å². The van der Waals surface area contributed by atoms with Gasteiger partial charge in [0, 0.05) is 20.1 Å². The Morgan fingerprint density at radius 2 is 2.21 bits per heavy atom. The Morgan fingerprint density at radius 3 is 2.63 bits per heavy atom. The summed E-state index contributed by atoms with van der Waals surface area (Å²) in [5.74, 6) is -0.468. The summed E-state index contributed by atoms with van der Waals surface area (Å²) in [4.78, 5) is 11.1. The number of aryl methyl sites for hydroxylation is 1. The normalized spacial score (nSPS) is 11.8. The van der Waals surface area contributed by atoms with Gasteiger partial charge in [-0.05, 0) is 0 Å². The SMILES string of the molecule is CCN(CCC(=O)OC)S(=O)(=O)c1c(Cl)cnn1C. The summed E-state index contributed by atoms with van der Waals surface area (Å²) in [7, 11) is -1.03. The van der Waals surface area contributed by atoms with Crippen molar-refractivity contribution in [3.05, 3.63) is 11.2 Å². The fourth-order valence-corrected chi connectivity index (χ4v) is 3.63. The zero-order valence-corrected chi connectivity index (χ0v) is 12.5. The number of rotatable bonds is 6. The number of hydrogen-bond acceptors (Lipinski definition) is 5. The molecule has 19 heavy (non-hydrogen) atoms. The Morgan fingerprint density at radius 1 is 1.58 bits per heavy atom. The van der Waals surface area contributed by atoms with E-state index in [1.807, 2.05) is 0 Å². The maximum absolute atomic E-state index is 12.4. The first-order chi connectivity index (χ1) is 8.84. The summed E-state index contributed by atoms with van der Waals surface area (Å²) in [6.45, 7) is 1.94. The van der Waals surface area contributed by atoms with Crippen molar-refractivity contribution in [2.45, 2.75) is 18.4 Å². The summed E-state index contributed by atoms with van der Waals surface area (Å²) in [5, 5.41) is 3.77. The third-order valence-corrected chi connectivity index (χ3v) is 5.05. The molecule has 1 aromatic rings. The van der Waals surface area contributed by atoms with Crippen LogP contribution in [0.15, 0.2) is 11.2 Å². The second kappa shape index (κ2) is 6.36. The van der Waals surface area contributed by atoms with Crippen LogP contribution in [0.3, 0.4) is 0 Å². The predicted octanol–water partition coefficient (Wildman–Crippen LogP) is 0.647. The fourth-order valence-electron chi connectivity index (χ4n) is 1.58. The Balaban J connectivity index is 3.00. The van der Waals surface area contributed by atoms with Crippen molar-refractivity contribution < 1.29 is 17.9 Å². The molecular formula is C10H16ClN3O4S. The number of methoxy groups -OCH3 is 1. The Labute approximate surface area is 117 Å². The average Bonchev–Trinajstić information content (AvgIpc) is 2.69. The van der Waals surface area contributed by atoms with Gasteiger partial charge in [0.25, 0.3) is 10.0 Å². The van der Waals surface area contributed by atoms with Crippen LogP contribution < -0.4 is 0 Å². The van der Waals surface area contributed by atoms with E-state index in [1.54, 1.807) is 6.92 Å². The summed E-state index contributed by atoms with van der Waals surface area (Å²) in [6, 6.07) is 0. The van der Waals surface area contributed by atoms with E-state index < -0.39 is 16.0 Å². The van der Waals surface area contributed by atoms with Crippen LogP contribution in [0.1, 0.15) is 13.3 Å². The van der Waals surface area contributed by atoms with Gasteiger partial charge in [-0.3, -0.25) is 9.48 Å². The molecule has 0 spiro atoms. The molecule has 0 fully saturated rings. The summed E-state index contributed by atoms with van der Waals surface area (Å²) in [5.41, 5.74) is 0. The number of esters is 1. The molecule has 7 nitrogen and oxygen atoms in total. The average molecular weight is 310 g/mol. The molecule has 0 unspecified atom stereocenters. The van der Waals surface area contributed by atoms with Gasteiger partial charge in [-0.1, -0.05) is 18.5 Å². The van der Waals surface area contributed by atoms with E-state index in [0.717, 1.165) is 4.31 Å². The first-order valence-corrected chi connectivity index (χ1v) is 7.40. The van der Waals surface area contributed by atoms with Crippen LogP contribution in [-0.4, -0.2) is 48.7 Å². The number of carbonyl (C=O) groups excluding carboxylic acids is 1. The van der Waals surface area contributed by atoms with Crippen molar-refractivity contribution in [3.8, 4) is 0 Å².